The largest absolute Gasteiger partial charge is 0.478 e. The summed E-state index contributed by atoms with van der Waals surface area (Å²) >= 11 is 0. The third-order valence-corrected chi connectivity index (χ3v) is 4.45. The highest BCUT2D eigenvalue weighted by Gasteiger charge is 2.38. The summed E-state index contributed by atoms with van der Waals surface area (Å²) in [5, 5.41) is 0. The zero-order valence-corrected chi connectivity index (χ0v) is 14.1. The van der Waals surface area contributed by atoms with Gasteiger partial charge in [-0.1, -0.05) is 19.9 Å². The fraction of sp³-hybridized carbons (Fsp3) is 0.421. The lowest BCUT2D eigenvalue weighted by Gasteiger charge is -2.39. The molecule has 4 heteroatoms. The number of nitrogens with zero attached hydrogens (tertiary/aromatic N) is 1. The Morgan fingerprint density at radius 1 is 1.26 bits per heavy atom. The fourth-order valence-corrected chi connectivity index (χ4v) is 3.02. The molecule has 0 amide bonds. The molecular formula is C19H24N2O2. The van der Waals surface area contributed by atoms with Crippen molar-refractivity contribution in [3.63, 3.8) is 0 Å². The Labute approximate surface area is 137 Å². The van der Waals surface area contributed by atoms with Crippen LogP contribution < -0.4 is 10.5 Å². The lowest BCUT2D eigenvalue weighted by molar-refractivity contribution is -0.0513. The average molecular weight is 312 g/mol. The predicted molar refractivity (Wildman–Crippen MR) is 92.8 cm³/mol. The van der Waals surface area contributed by atoms with Crippen LogP contribution in [-0.4, -0.2) is 24.8 Å². The zero-order chi connectivity index (χ0) is 16.4. The van der Waals surface area contributed by atoms with E-state index in [0.29, 0.717) is 25.7 Å². The van der Waals surface area contributed by atoms with Crippen molar-refractivity contribution in [3.8, 4) is 17.0 Å². The second-order valence-corrected chi connectivity index (χ2v) is 6.33. The average Bonchev–Trinajstić information content (AvgIpc) is 2.53. The standard InChI is InChI=1S/C19H24N2O2/c1-4-13-6-7-15(20)9-16(13)14-8-17(19(3)11-22-12-19)18(21-10-14)23-5-2/h6-10H,4-5,11-12,20H2,1-3H3. The maximum absolute atomic E-state index is 5.99. The van der Waals surface area contributed by atoms with Crippen molar-refractivity contribution in [2.75, 3.05) is 25.6 Å². The van der Waals surface area contributed by atoms with Gasteiger partial charge in [-0.05, 0) is 42.7 Å². The lowest BCUT2D eigenvalue weighted by atomic mass is 9.80. The Kier molecular flexibility index (Phi) is 4.26. The third-order valence-electron chi connectivity index (χ3n) is 4.45. The van der Waals surface area contributed by atoms with Crippen LogP contribution in [0.2, 0.25) is 0 Å². The molecule has 0 aliphatic carbocycles. The smallest absolute Gasteiger partial charge is 0.217 e. The van der Waals surface area contributed by atoms with Crippen LogP contribution in [0.5, 0.6) is 5.88 Å². The van der Waals surface area contributed by atoms with Gasteiger partial charge in [-0.25, -0.2) is 4.98 Å². The number of aromatic nitrogens is 1. The van der Waals surface area contributed by atoms with E-state index in [1.807, 2.05) is 25.3 Å². The van der Waals surface area contributed by atoms with E-state index in [4.69, 9.17) is 15.2 Å². The molecule has 2 heterocycles. The monoisotopic (exact) mass is 312 g/mol. The number of ether oxygens (including phenoxy) is 2. The quantitative estimate of drug-likeness (QED) is 0.857. The first kappa shape index (κ1) is 15.8. The molecule has 4 nitrogen and oxygen atoms in total. The molecular weight excluding hydrogens is 288 g/mol. The molecule has 122 valence electrons. The van der Waals surface area contributed by atoms with E-state index in [2.05, 4.69) is 31.0 Å². The van der Waals surface area contributed by atoms with Crippen molar-refractivity contribution in [1.29, 1.82) is 0 Å². The summed E-state index contributed by atoms with van der Waals surface area (Å²) in [6, 6.07) is 8.26. The Morgan fingerprint density at radius 2 is 2.04 bits per heavy atom. The second kappa shape index (κ2) is 6.20. The number of hydrogen-bond acceptors (Lipinski definition) is 4. The molecule has 0 atom stereocenters. The lowest BCUT2D eigenvalue weighted by Crippen LogP contribution is -2.44. The molecule has 2 N–H and O–H groups in total. The molecule has 0 saturated carbocycles. The molecule has 3 rings (SSSR count). The van der Waals surface area contributed by atoms with Gasteiger partial charge in [0.25, 0.3) is 0 Å². The van der Waals surface area contributed by atoms with Crippen molar-refractivity contribution in [2.45, 2.75) is 32.6 Å². The summed E-state index contributed by atoms with van der Waals surface area (Å²) in [5.74, 6) is 0.712. The van der Waals surface area contributed by atoms with Crippen molar-refractivity contribution >= 4 is 5.69 Å². The highest BCUT2D eigenvalue weighted by atomic mass is 16.5. The van der Waals surface area contributed by atoms with E-state index in [9.17, 15) is 0 Å². The van der Waals surface area contributed by atoms with Gasteiger partial charge in [0.2, 0.25) is 5.88 Å². The molecule has 1 aromatic heterocycles. The van der Waals surface area contributed by atoms with Crippen LogP contribution >= 0.6 is 0 Å². The van der Waals surface area contributed by atoms with Crippen LogP contribution in [0, 0.1) is 0 Å². The normalized spacial score (nSPS) is 16.0. The Bertz CT molecular complexity index is 709. The predicted octanol–water partition coefficient (Wildman–Crippen LogP) is 3.58. The van der Waals surface area contributed by atoms with Gasteiger partial charge in [-0.3, -0.25) is 0 Å². The minimum atomic E-state index is -0.0276. The number of aryl methyl sites for hydroxylation is 1. The Balaban J connectivity index is 2.11. The number of pyridine rings is 1. The zero-order valence-electron chi connectivity index (χ0n) is 14.1. The summed E-state index contributed by atoms with van der Waals surface area (Å²) in [5.41, 5.74) is 11.4. The summed E-state index contributed by atoms with van der Waals surface area (Å²) in [6.07, 6.45) is 2.84. The first-order valence-corrected chi connectivity index (χ1v) is 8.17. The third kappa shape index (κ3) is 2.91. The molecule has 1 aliphatic heterocycles. The molecule has 0 unspecified atom stereocenters. The Hall–Kier alpha value is -2.07. The highest BCUT2D eigenvalue weighted by molar-refractivity contribution is 5.72. The summed E-state index contributed by atoms with van der Waals surface area (Å²) in [4.78, 5) is 4.58. The number of anilines is 1. The number of benzene rings is 1. The molecule has 0 radical (unpaired) electrons. The second-order valence-electron chi connectivity index (χ2n) is 6.33. The van der Waals surface area contributed by atoms with E-state index in [1.165, 1.54) is 5.56 Å². The van der Waals surface area contributed by atoms with Crippen LogP contribution in [0.4, 0.5) is 5.69 Å². The first-order valence-electron chi connectivity index (χ1n) is 8.17. The topological polar surface area (TPSA) is 57.4 Å². The molecule has 1 fully saturated rings. The maximum Gasteiger partial charge on any atom is 0.217 e. The van der Waals surface area contributed by atoms with E-state index >= 15 is 0 Å². The van der Waals surface area contributed by atoms with Crippen LogP contribution in [0.1, 0.15) is 31.9 Å². The molecule has 0 bridgehead atoms. The van der Waals surface area contributed by atoms with Crippen molar-refractivity contribution < 1.29 is 9.47 Å². The first-order chi connectivity index (χ1) is 11.1. The van der Waals surface area contributed by atoms with E-state index in [1.54, 1.807) is 0 Å². The summed E-state index contributed by atoms with van der Waals surface area (Å²) in [6.45, 7) is 8.34. The fourth-order valence-electron chi connectivity index (χ4n) is 3.02. The molecule has 0 spiro atoms. The van der Waals surface area contributed by atoms with Gasteiger partial charge < -0.3 is 15.2 Å². The van der Waals surface area contributed by atoms with Gasteiger partial charge in [0.05, 0.1) is 19.8 Å². The highest BCUT2D eigenvalue weighted by Crippen LogP contribution is 2.39. The van der Waals surface area contributed by atoms with Crippen molar-refractivity contribution in [3.05, 3.63) is 41.6 Å². The van der Waals surface area contributed by atoms with Crippen LogP contribution in [-0.2, 0) is 16.6 Å². The maximum atomic E-state index is 5.99. The SMILES string of the molecule is CCOc1ncc(-c2cc(N)ccc2CC)cc1C1(C)COC1. The van der Waals surface area contributed by atoms with Crippen LogP contribution in [0.15, 0.2) is 30.5 Å². The number of rotatable bonds is 5. The Morgan fingerprint density at radius 3 is 2.65 bits per heavy atom. The van der Waals surface area contributed by atoms with Gasteiger partial charge in [0.15, 0.2) is 0 Å². The molecule has 1 saturated heterocycles. The molecule has 23 heavy (non-hydrogen) atoms. The van der Waals surface area contributed by atoms with Gasteiger partial charge in [0.1, 0.15) is 0 Å². The van der Waals surface area contributed by atoms with E-state index < -0.39 is 0 Å². The summed E-state index contributed by atoms with van der Waals surface area (Å²) in [7, 11) is 0. The minimum absolute atomic E-state index is 0.0276. The molecule has 1 aromatic carbocycles. The van der Waals surface area contributed by atoms with Gasteiger partial charge in [-0.15, -0.1) is 0 Å². The minimum Gasteiger partial charge on any atom is -0.478 e. The van der Waals surface area contributed by atoms with E-state index in [-0.39, 0.29) is 5.41 Å². The van der Waals surface area contributed by atoms with Gasteiger partial charge in [0, 0.05) is 28.4 Å². The van der Waals surface area contributed by atoms with Gasteiger partial charge >= 0.3 is 0 Å². The van der Waals surface area contributed by atoms with Gasteiger partial charge in [-0.2, -0.15) is 0 Å². The van der Waals surface area contributed by atoms with Crippen LogP contribution in [0.25, 0.3) is 11.1 Å². The van der Waals surface area contributed by atoms with Crippen molar-refractivity contribution in [1.82, 2.24) is 4.98 Å². The molecule has 1 aliphatic rings. The number of nitrogen functional groups attached to an aromatic ring is 1. The number of hydrogen-bond donors (Lipinski definition) is 1. The molecule has 2 aromatic rings. The van der Waals surface area contributed by atoms with Crippen LogP contribution in [0.3, 0.4) is 0 Å². The summed E-state index contributed by atoms with van der Waals surface area (Å²) < 4.78 is 11.2. The van der Waals surface area contributed by atoms with Crippen molar-refractivity contribution in [2.24, 2.45) is 0 Å². The number of nitrogens with two attached hydrogens (primary N) is 1. The van der Waals surface area contributed by atoms with E-state index in [0.717, 1.165) is 28.8 Å².